The predicted molar refractivity (Wildman–Crippen MR) is 114 cm³/mol. The van der Waals surface area contributed by atoms with Crippen molar-refractivity contribution in [2.75, 3.05) is 44.7 Å². The SMILES string of the molecule is CCN(CC)CCNc1ccc(OCCCCCOc2ccccc2)cc1. The maximum atomic E-state index is 5.83. The Morgan fingerprint density at radius 1 is 0.741 bits per heavy atom. The minimum atomic E-state index is 0.750. The standard InChI is InChI=1S/C23H34N2O2/c1-3-25(4-2)18-17-24-21-13-15-23(16-14-21)27-20-10-6-9-19-26-22-11-7-5-8-12-22/h5,7-8,11-16,24H,3-4,6,9-10,17-20H2,1-2H3. The predicted octanol–water partition coefficient (Wildman–Crippen LogP) is 5.07. The third-order valence-electron chi connectivity index (χ3n) is 4.58. The lowest BCUT2D eigenvalue weighted by Crippen LogP contribution is -2.28. The van der Waals surface area contributed by atoms with Crippen molar-refractivity contribution in [3.63, 3.8) is 0 Å². The molecule has 4 heteroatoms. The fourth-order valence-corrected chi connectivity index (χ4v) is 2.84. The number of ether oxygens (including phenoxy) is 2. The van der Waals surface area contributed by atoms with Gasteiger partial charge in [-0.15, -0.1) is 0 Å². The molecule has 0 aromatic heterocycles. The summed E-state index contributed by atoms with van der Waals surface area (Å²) < 4.78 is 11.5. The average molecular weight is 371 g/mol. The van der Waals surface area contributed by atoms with E-state index in [2.05, 4.69) is 36.2 Å². The van der Waals surface area contributed by atoms with E-state index in [-0.39, 0.29) is 0 Å². The van der Waals surface area contributed by atoms with E-state index in [0.717, 1.165) is 75.8 Å². The van der Waals surface area contributed by atoms with E-state index < -0.39 is 0 Å². The second-order valence-corrected chi connectivity index (χ2v) is 6.55. The number of rotatable bonds is 14. The van der Waals surface area contributed by atoms with Gasteiger partial charge >= 0.3 is 0 Å². The zero-order valence-corrected chi connectivity index (χ0v) is 16.8. The summed E-state index contributed by atoms with van der Waals surface area (Å²) in [6.07, 6.45) is 3.20. The van der Waals surface area contributed by atoms with Gasteiger partial charge in [-0.3, -0.25) is 0 Å². The third-order valence-corrected chi connectivity index (χ3v) is 4.58. The van der Waals surface area contributed by atoms with Crippen molar-refractivity contribution in [3.8, 4) is 11.5 Å². The lowest BCUT2D eigenvalue weighted by molar-refractivity contribution is 0.279. The number of likely N-dealkylation sites (N-methyl/N-ethyl adjacent to an activating group) is 1. The molecule has 0 aliphatic rings. The molecule has 0 bridgehead atoms. The van der Waals surface area contributed by atoms with Crippen molar-refractivity contribution in [1.29, 1.82) is 0 Å². The van der Waals surface area contributed by atoms with Gasteiger partial charge in [0.25, 0.3) is 0 Å². The maximum absolute atomic E-state index is 5.83. The van der Waals surface area contributed by atoms with Crippen LogP contribution in [-0.2, 0) is 0 Å². The monoisotopic (exact) mass is 370 g/mol. The molecule has 0 fully saturated rings. The van der Waals surface area contributed by atoms with Gasteiger partial charge in [-0.05, 0) is 68.8 Å². The Morgan fingerprint density at radius 2 is 1.33 bits per heavy atom. The summed E-state index contributed by atoms with van der Waals surface area (Å²) in [6, 6.07) is 18.2. The molecular weight excluding hydrogens is 336 g/mol. The van der Waals surface area contributed by atoms with Crippen LogP contribution in [0.5, 0.6) is 11.5 Å². The summed E-state index contributed by atoms with van der Waals surface area (Å²) in [5.41, 5.74) is 1.15. The normalized spacial score (nSPS) is 10.8. The number of para-hydroxylation sites is 1. The molecule has 0 aliphatic heterocycles. The van der Waals surface area contributed by atoms with Gasteiger partial charge in [0.15, 0.2) is 0 Å². The molecule has 0 saturated carbocycles. The molecule has 148 valence electrons. The zero-order chi connectivity index (χ0) is 19.2. The van der Waals surface area contributed by atoms with Gasteiger partial charge in [-0.1, -0.05) is 32.0 Å². The van der Waals surface area contributed by atoms with E-state index in [1.165, 1.54) is 0 Å². The molecule has 0 heterocycles. The molecule has 0 atom stereocenters. The van der Waals surface area contributed by atoms with Crippen LogP contribution in [0, 0.1) is 0 Å². The molecule has 0 aliphatic carbocycles. The summed E-state index contributed by atoms with van der Waals surface area (Å²) >= 11 is 0. The summed E-state index contributed by atoms with van der Waals surface area (Å²) in [4.78, 5) is 2.41. The molecule has 2 aromatic rings. The number of anilines is 1. The van der Waals surface area contributed by atoms with E-state index in [4.69, 9.17) is 9.47 Å². The minimum Gasteiger partial charge on any atom is -0.494 e. The lowest BCUT2D eigenvalue weighted by atomic mass is 10.2. The average Bonchev–Trinajstić information content (AvgIpc) is 2.72. The number of hydrogen-bond acceptors (Lipinski definition) is 4. The van der Waals surface area contributed by atoms with Crippen LogP contribution in [0.25, 0.3) is 0 Å². The Hall–Kier alpha value is -2.20. The van der Waals surface area contributed by atoms with Crippen LogP contribution in [0.3, 0.4) is 0 Å². The first-order chi connectivity index (χ1) is 13.3. The fraction of sp³-hybridized carbons (Fsp3) is 0.478. The van der Waals surface area contributed by atoms with Crippen LogP contribution < -0.4 is 14.8 Å². The first-order valence-corrected chi connectivity index (χ1v) is 10.2. The summed E-state index contributed by atoms with van der Waals surface area (Å²) in [7, 11) is 0. The second kappa shape index (κ2) is 13.0. The number of unbranched alkanes of at least 4 members (excludes halogenated alkanes) is 2. The molecule has 27 heavy (non-hydrogen) atoms. The van der Waals surface area contributed by atoms with Gasteiger partial charge in [-0.25, -0.2) is 0 Å². The molecular formula is C23H34N2O2. The quantitative estimate of drug-likeness (QED) is 0.471. The van der Waals surface area contributed by atoms with Crippen LogP contribution in [0.2, 0.25) is 0 Å². The van der Waals surface area contributed by atoms with Gasteiger partial charge in [0.2, 0.25) is 0 Å². The smallest absolute Gasteiger partial charge is 0.119 e. The number of nitrogens with zero attached hydrogens (tertiary/aromatic N) is 1. The Bertz CT molecular complexity index is 598. The highest BCUT2D eigenvalue weighted by Crippen LogP contribution is 2.16. The molecule has 2 rings (SSSR count). The number of nitrogens with one attached hydrogen (secondary N) is 1. The molecule has 0 amide bonds. The number of hydrogen-bond donors (Lipinski definition) is 1. The Labute approximate surface area is 164 Å². The molecule has 2 aromatic carbocycles. The second-order valence-electron chi connectivity index (χ2n) is 6.55. The fourth-order valence-electron chi connectivity index (χ4n) is 2.84. The first-order valence-electron chi connectivity index (χ1n) is 10.2. The van der Waals surface area contributed by atoms with Crippen molar-refractivity contribution >= 4 is 5.69 Å². The summed E-state index contributed by atoms with van der Waals surface area (Å²) in [5.74, 6) is 1.88. The Morgan fingerprint density at radius 3 is 1.93 bits per heavy atom. The highest BCUT2D eigenvalue weighted by molar-refractivity contribution is 5.46. The van der Waals surface area contributed by atoms with Crippen LogP contribution in [0.15, 0.2) is 54.6 Å². The van der Waals surface area contributed by atoms with Crippen molar-refractivity contribution in [1.82, 2.24) is 4.90 Å². The largest absolute Gasteiger partial charge is 0.494 e. The number of benzene rings is 2. The third kappa shape index (κ3) is 8.83. The zero-order valence-electron chi connectivity index (χ0n) is 16.8. The molecule has 0 spiro atoms. The molecule has 0 unspecified atom stereocenters. The molecule has 1 N–H and O–H groups in total. The lowest BCUT2D eigenvalue weighted by Gasteiger charge is -2.18. The summed E-state index contributed by atoms with van der Waals surface area (Å²) in [5, 5.41) is 3.46. The van der Waals surface area contributed by atoms with Crippen molar-refractivity contribution < 1.29 is 9.47 Å². The highest BCUT2D eigenvalue weighted by atomic mass is 16.5. The van der Waals surface area contributed by atoms with Gasteiger partial charge in [-0.2, -0.15) is 0 Å². The van der Waals surface area contributed by atoms with Gasteiger partial charge in [0, 0.05) is 18.8 Å². The molecule has 0 saturated heterocycles. The van der Waals surface area contributed by atoms with Crippen LogP contribution in [0.1, 0.15) is 33.1 Å². The van der Waals surface area contributed by atoms with Crippen LogP contribution in [-0.4, -0.2) is 44.3 Å². The molecule has 0 radical (unpaired) electrons. The van der Waals surface area contributed by atoms with E-state index >= 15 is 0 Å². The first kappa shape index (κ1) is 21.1. The minimum absolute atomic E-state index is 0.750. The van der Waals surface area contributed by atoms with Gasteiger partial charge in [0.05, 0.1) is 13.2 Å². The van der Waals surface area contributed by atoms with E-state index in [0.29, 0.717) is 0 Å². The van der Waals surface area contributed by atoms with E-state index in [1.54, 1.807) is 0 Å². The Kier molecular flexibility index (Phi) is 10.2. The topological polar surface area (TPSA) is 33.7 Å². The van der Waals surface area contributed by atoms with E-state index in [1.807, 2.05) is 42.5 Å². The highest BCUT2D eigenvalue weighted by Gasteiger charge is 1.99. The van der Waals surface area contributed by atoms with Crippen LogP contribution >= 0.6 is 0 Å². The van der Waals surface area contributed by atoms with Gasteiger partial charge in [0.1, 0.15) is 11.5 Å². The van der Waals surface area contributed by atoms with Gasteiger partial charge < -0.3 is 19.7 Å². The summed E-state index contributed by atoms with van der Waals surface area (Å²) in [6.45, 7) is 10.1. The van der Waals surface area contributed by atoms with E-state index in [9.17, 15) is 0 Å². The van der Waals surface area contributed by atoms with Crippen molar-refractivity contribution in [2.45, 2.75) is 33.1 Å². The van der Waals surface area contributed by atoms with Crippen molar-refractivity contribution in [2.24, 2.45) is 0 Å². The molecule has 4 nitrogen and oxygen atoms in total. The van der Waals surface area contributed by atoms with Crippen LogP contribution in [0.4, 0.5) is 5.69 Å². The maximum Gasteiger partial charge on any atom is 0.119 e. The van der Waals surface area contributed by atoms with Crippen molar-refractivity contribution in [3.05, 3.63) is 54.6 Å². The Balaban J connectivity index is 1.52.